The Morgan fingerprint density at radius 2 is 1.82 bits per heavy atom. The first-order chi connectivity index (χ1) is 15.6. The van der Waals surface area contributed by atoms with E-state index < -0.39 is 21.5 Å². The second-order valence-corrected chi connectivity index (χ2v) is 10.1. The first kappa shape index (κ1) is 22.8. The first-order valence-corrected chi connectivity index (χ1v) is 12.4. The summed E-state index contributed by atoms with van der Waals surface area (Å²) in [5.74, 6) is -0.604. The lowest BCUT2D eigenvalue weighted by atomic mass is 10.0. The standard InChI is InChI=1S/C23H23F2N5O2S/c1-4-5-20-17-9-15(10-18(24)23(17)29-30(20)2)16-11-22(27-12-19(16)25)28-21-8-14(6-7-26-21)13-33(3,31)32/h6-12H,4-5,13H2,1-3H3,(H,26,27,28). The topological polar surface area (TPSA) is 89.8 Å². The van der Waals surface area contributed by atoms with Gasteiger partial charge in [-0.3, -0.25) is 4.68 Å². The lowest BCUT2D eigenvalue weighted by Gasteiger charge is -2.10. The van der Waals surface area contributed by atoms with Crippen LogP contribution in [0, 0.1) is 11.6 Å². The molecule has 172 valence electrons. The molecule has 4 aromatic rings. The Labute approximate surface area is 190 Å². The average molecular weight is 472 g/mol. The number of nitrogens with one attached hydrogen (secondary N) is 1. The van der Waals surface area contributed by atoms with Crippen LogP contribution >= 0.6 is 0 Å². The first-order valence-electron chi connectivity index (χ1n) is 10.4. The number of sulfone groups is 1. The molecule has 0 bridgehead atoms. The maximum atomic E-state index is 14.8. The smallest absolute Gasteiger partial charge is 0.151 e. The Balaban J connectivity index is 1.72. The van der Waals surface area contributed by atoms with Gasteiger partial charge < -0.3 is 5.32 Å². The normalized spacial score (nSPS) is 11.8. The Morgan fingerprint density at radius 3 is 2.55 bits per heavy atom. The van der Waals surface area contributed by atoms with Crippen LogP contribution in [0.15, 0.2) is 42.7 Å². The summed E-state index contributed by atoms with van der Waals surface area (Å²) in [5, 5.41) is 7.88. The van der Waals surface area contributed by atoms with Crippen molar-refractivity contribution < 1.29 is 17.2 Å². The van der Waals surface area contributed by atoms with Gasteiger partial charge in [0.05, 0.1) is 11.9 Å². The Morgan fingerprint density at radius 1 is 1.06 bits per heavy atom. The summed E-state index contributed by atoms with van der Waals surface area (Å²) < 4.78 is 54.3. The van der Waals surface area contributed by atoms with Gasteiger partial charge in [-0.1, -0.05) is 13.3 Å². The monoisotopic (exact) mass is 471 g/mol. The maximum absolute atomic E-state index is 14.8. The van der Waals surface area contributed by atoms with E-state index in [1.165, 1.54) is 18.3 Å². The van der Waals surface area contributed by atoms with Crippen LogP contribution in [0.4, 0.5) is 20.4 Å². The van der Waals surface area contributed by atoms with Gasteiger partial charge >= 0.3 is 0 Å². The van der Waals surface area contributed by atoms with Crippen molar-refractivity contribution in [3.63, 3.8) is 0 Å². The largest absolute Gasteiger partial charge is 0.325 e. The number of hydrogen-bond acceptors (Lipinski definition) is 6. The molecule has 0 saturated carbocycles. The van der Waals surface area contributed by atoms with E-state index in [9.17, 15) is 17.2 Å². The van der Waals surface area contributed by atoms with Crippen LogP contribution in [0.25, 0.3) is 22.0 Å². The van der Waals surface area contributed by atoms with Crippen molar-refractivity contribution in [3.05, 3.63) is 65.6 Å². The zero-order valence-corrected chi connectivity index (χ0v) is 19.2. The van der Waals surface area contributed by atoms with Gasteiger partial charge in [0.2, 0.25) is 0 Å². The lowest BCUT2D eigenvalue weighted by Crippen LogP contribution is -2.03. The van der Waals surface area contributed by atoms with Crippen LogP contribution in [0.1, 0.15) is 24.6 Å². The molecule has 4 rings (SSSR count). The molecule has 0 unspecified atom stereocenters. The van der Waals surface area contributed by atoms with E-state index in [4.69, 9.17) is 0 Å². The molecule has 1 aromatic carbocycles. The number of aryl methyl sites for hydroxylation is 2. The summed E-state index contributed by atoms with van der Waals surface area (Å²) in [6.45, 7) is 2.03. The molecule has 0 aliphatic rings. The van der Waals surface area contributed by atoms with Crippen molar-refractivity contribution in [1.29, 1.82) is 0 Å². The average Bonchev–Trinajstić information content (AvgIpc) is 3.05. The van der Waals surface area contributed by atoms with Crippen LogP contribution in [-0.2, 0) is 29.1 Å². The van der Waals surface area contributed by atoms with Gasteiger partial charge in [0.25, 0.3) is 0 Å². The van der Waals surface area contributed by atoms with E-state index >= 15 is 0 Å². The predicted molar refractivity (Wildman–Crippen MR) is 124 cm³/mol. The van der Waals surface area contributed by atoms with Gasteiger partial charge in [-0.2, -0.15) is 5.10 Å². The Hall–Kier alpha value is -3.40. The molecule has 10 heteroatoms. The second-order valence-electron chi connectivity index (χ2n) is 7.97. The van der Waals surface area contributed by atoms with E-state index in [0.717, 1.165) is 31.0 Å². The number of pyridine rings is 2. The van der Waals surface area contributed by atoms with Crippen molar-refractivity contribution >= 4 is 32.4 Å². The molecule has 7 nitrogen and oxygen atoms in total. The number of hydrogen-bond donors (Lipinski definition) is 1. The van der Waals surface area contributed by atoms with Crippen molar-refractivity contribution in [2.75, 3.05) is 11.6 Å². The van der Waals surface area contributed by atoms with Crippen LogP contribution in [0.5, 0.6) is 0 Å². The minimum Gasteiger partial charge on any atom is -0.325 e. The third-order valence-electron chi connectivity index (χ3n) is 5.18. The highest BCUT2D eigenvalue weighted by Gasteiger charge is 2.17. The molecule has 0 aliphatic carbocycles. The van der Waals surface area contributed by atoms with Crippen molar-refractivity contribution in [2.45, 2.75) is 25.5 Å². The zero-order chi connectivity index (χ0) is 23.8. The molecule has 0 saturated heterocycles. The van der Waals surface area contributed by atoms with E-state index in [1.54, 1.807) is 29.9 Å². The van der Waals surface area contributed by atoms with E-state index in [-0.39, 0.29) is 22.7 Å². The highest BCUT2D eigenvalue weighted by Crippen LogP contribution is 2.32. The fourth-order valence-corrected chi connectivity index (χ4v) is 4.57. The van der Waals surface area contributed by atoms with Gasteiger partial charge in [-0.05, 0) is 47.9 Å². The van der Waals surface area contributed by atoms with Gasteiger partial charge in [-0.15, -0.1) is 0 Å². The molecule has 33 heavy (non-hydrogen) atoms. The molecule has 0 atom stereocenters. The van der Waals surface area contributed by atoms with E-state index in [1.807, 2.05) is 6.92 Å². The van der Waals surface area contributed by atoms with Crippen molar-refractivity contribution in [2.24, 2.45) is 7.05 Å². The third kappa shape index (κ3) is 5.00. The minimum atomic E-state index is -3.21. The van der Waals surface area contributed by atoms with Gasteiger partial charge in [0.15, 0.2) is 15.7 Å². The summed E-state index contributed by atoms with van der Waals surface area (Å²) in [4.78, 5) is 8.21. The maximum Gasteiger partial charge on any atom is 0.151 e. The number of rotatable bonds is 7. The fraction of sp³-hybridized carbons (Fsp3) is 0.261. The molecule has 0 radical (unpaired) electrons. The fourth-order valence-electron chi connectivity index (χ4n) is 3.79. The third-order valence-corrected chi connectivity index (χ3v) is 6.04. The van der Waals surface area contributed by atoms with Gasteiger partial charge in [0, 0.05) is 36.1 Å². The summed E-state index contributed by atoms with van der Waals surface area (Å²) in [6.07, 6.45) is 5.27. The Kier molecular flexibility index (Phi) is 6.11. The van der Waals surface area contributed by atoms with Crippen molar-refractivity contribution in [3.8, 4) is 11.1 Å². The van der Waals surface area contributed by atoms with Crippen LogP contribution in [0.3, 0.4) is 0 Å². The SMILES string of the molecule is CCCc1c2cc(-c3cc(Nc4cc(CS(C)(=O)=O)ccn4)ncc3F)cc(F)c2nn1C. The highest BCUT2D eigenvalue weighted by atomic mass is 32.2. The molecule has 3 heterocycles. The molecule has 0 fully saturated rings. The predicted octanol–water partition coefficient (Wildman–Crippen LogP) is 4.55. The van der Waals surface area contributed by atoms with Crippen LogP contribution in [-0.4, -0.2) is 34.4 Å². The lowest BCUT2D eigenvalue weighted by molar-refractivity contribution is 0.601. The molecular formula is C23H23F2N5O2S. The Bertz CT molecular complexity index is 1450. The minimum absolute atomic E-state index is 0.128. The number of benzene rings is 1. The molecule has 1 N–H and O–H groups in total. The number of fused-ring (bicyclic) bond motifs is 1. The van der Waals surface area contributed by atoms with Crippen LogP contribution in [0.2, 0.25) is 0 Å². The molecule has 3 aromatic heterocycles. The number of halogens is 2. The summed E-state index contributed by atoms with van der Waals surface area (Å²) in [5.41, 5.74) is 2.24. The highest BCUT2D eigenvalue weighted by molar-refractivity contribution is 7.89. The van der Waals surface area contributed by atoms with Crippen LogP contribution < -0.4 is 5.32 Å². The van der Waals surface area contributed by atoms with E-state index in [2.05, 4.69) is 20.4 Å². The van der Waals surface area contributed by atoms with Crippen molar-refractivity contribution in [1.82, 2.24) is 19.7 Å². The number of anilines is 2. The zero-order valence-electron chi connectivity index (χ0n) is 18.4. The van der Waals surface area contributed by atoms with Gasteiger partial charge in [-0.25, -0.2) is 27.2 Å². The quantitative estimate of drug-likeness (QED) is 0.425. The second kappa shape index (κ2) is 8.86. The molecular weight excluding hydrogens is 448 g/mol. The summed E-state index contributed by atoms with van der Waals surface area (Å²) in [7, 11) is -1.44. The summed E-state index contributed by atoms with van der Waals surface area (Å²) >= 11 is 0. The molecule has 0 amide bonds. The number of aromatic nitrogens is 4. The van der Waals surface area contributed by atoms with E-state index in [0.29, 0.717) is 22.3 Å². The van der Waals surface area contributed by atoms with Gasteiger partial charge in [0.1, 0.15) is 23.0 Å². The summed E-state index contributed by atoms with van der Waals surface area (Å²) in [6, 6.07) is 7.66. The number of nitrogens with zero attached hydrogens (tertiary/aromatic N) is 4. The molecule has 0 spiro atoms. The molecule has 0 aliphatic heterocycles.